The van der Waals surface area contributed by atoms with E-state index in [-0.39, 0.29) is 5.91 Å². The molecule has 0 aliphatic rings. The van der Waals surface area contributed by atoms with E-state index in [0.29, 0.717) is 12.2 Å². The lowest BCUT2D eigenvalue weighted by molar-refractivity contribution is -0.118. The van der Waals surface area contributed by atoms with Crippen LogP contribution in [-0.2, 0) is 4.79 Å². The SMILES string of the molecule is C=C(CNC)NC(C)=O. The maximum absolute atomic E-state index is 10.3. The van der Waals surface area contributed by atoms with Gasteiger partial charge in [0.1, 0.15) is 0 Å². The van der Waals surface area contributed by atoms with Crippen LogP contribution in [0.15, 0.2) is 12.3 Å². The molecule has 3 nitrogen and oxygen atoms in total. The summed E-state index contributed by atoms with van der Waals surface area (Å²) in [6.07, 6.45) is 0. The lowest BCUT2D eigenvalue weighted by atomic mass is 10.4. The summed E-state index contributed by atoms with van der Waals surface area (Å²) in [7, 11) is 1.80. The van der Waals surface area contributed by atoms with Crippen LogP contribution in [0, 0.1) is 0 Å². The average molecular weight is 128 g/mol. The van der Waals surface area contributed by atoms with Crippen molar-refractivity contribution in [1.29, 1.82) is 0 Å². The van der Waals surface area contributed by atoms with E-state index in [2.05, 4.69) is 17.2 Å². The monoisotopic (exact) mass is 128 g/mol. The molecule has 0 atom stereocenters. The van der Waals surface area contributed by atoms with Crippen molar-refractivity contribution in [1.82, 2.24) is 10.6 Å². The minimum atomic E-state index is -0.0738. The van der Waals surface area contributed by atoms with Gasteiger partial charge in [0.2, 0.25) is 5.91 Å². The molecule has 0 unspecified atom stereocenters. The van der Waals surface area contributed by atoms with Crippen molar-refractivity contribution in [2.75, 3.05) is 13.6 Å². The van der Waals surface area contributed by atoms with E-state index >= 15 is 0 Å². The molecule has 0 radical (unpaired) electrons. The molecule has 0 saturated heterocycles. The molecule has 3 heteroatoms. The third-order valence-electron chi connectivity index (χ3n) is 0.743. The first-order chi connectivity index (χ1) is 4.16. The Hall–Kier alpha value is -0.830. The van der Waals surface area contributed by atoms with E-state index in [0.717, 1.165) is 0 Å². The number of carbonyl (C=O) groups excluding carboxylic acids is 1. The topological polar surface area (TPSA) is 41.1 Å². The second-order valence-electron chi connectivity index (χ2n) is 1.82. The quantitative estimate of drug-likeness (QED) is 0.555. The third kappa shape index (κ3) is 5.03. The smallest absolute Gasteiger partial charge is 0.221 e. The predicted octanol–water partition coefficient (Wildman–Crippen LogP) is -0.144. The van der Waals surface area contributed by atoms with Crippen LogP contribution >= 0.6 is 0 Å². The van der Waals surface area contributed by atoms with Crippen molar-refractivity contribution < 1.29 is 4.79 Å². The highest BCUT2D eigenvalue weighted by Crippen LogP contribution is 1.77. The molecule has 0 aliphatic heterocycles. The maximum Gasteiger partial charge on any atom is 0.221 e. The highest BCUT2D eigenvalue weighted by Gasteiger charge is 1.91. The Balaban J connectivity index is 3.39. The molecular weight excluding hydrogens is 116 g/mol. The number of hydrogen-bond donors (Lipinski definition) is 2. The van der Waals surface area contributed by atoms with Crippen LogP contribution in [0.25, 0.3) is 0 Å². The number of nitrogens with one attached hydrogen (secondary N) is 2. The van der Waals surface area contributed by atoms with Gasteiger partial charge in [0.15, 0.2) is 0 Å². The summed E-state index contributed by atoms with van der Waals surface area (Å²) in [6.45, 7) is 5.67. The standard InChI is InChI=1S/C6H12N2O/c1-5(4-7-3)8-6(2)9/h7H,1,4H2,2-3H3,(H,8,9). The van der Waals surface area contributed by atoms with Crippen molar-refractivity contribution in [3.05, 3.63) is 12.3 Å². The molecule has 0 aliphatic carbocycles. The highest BCUT2D eigenvalue weighted by molar-refractivity contribution is 5.74. The summed E-state index contributed by atoms with van der Waals surface area (Å²) >= 11 is 0. The molecule has 0 spiro atoms. The van der Waals surface area contributed by atoms with Gasteiger partial charge in [-0.15, -0.1) is 0 Å². The van der Waals surface area contributed by atoms with E-state index in [1.54, 1.807) is 7.05 Å². The van der Waals surface area contributed by atoms with Crippen molar-refractivity contribution in [3.8, 4) is 0 Å². The molecule has 0 bridgehead atoms. The Morgan fingerprint density at radius 3 is 2.56 bits per heavy atom. The van der Waals surface area contributed by atoms with E-state index in [1.807, 2.05) is 0 Å². The van der Waals surface area contributed by atoms with Gasteiger partial charge in [-0.1, -0.05) is 6.58 Å². The number of hydrogen-bond acceptors (Lipinski definition) is 2. The fraction of sp³-hybridized carbons (Fsp3) is 0.500. The minimum absolute atomic E-state index is 0.0738. The van der Waals surface area contributed by atoms with Crippen LogP contribution in [0.3, 0.4) is 0 Å². The first-order valence-corrected chi connectivity index (χ1v) is 2.76. The molecule has 2 N–H and O–H groups in total. The van der Waals surface area contributed by atoms with Gasteiger partial charge in [-0.3, -0.25) is 4.79 Å². The molecule has 0 fully saturated rings. The van der Waals surface area contributed by atoms with Crippen LogP contribution in [0.4, 0.5) is 0 Å². The van der Waals surface area contributed by atoms with Gasteiger partial charge in [0.25, 0.3) is 0 Å². The summed E-state index contributed by atoms with van der Waals surface area (Å²) in [5.41, 5.74) is 0.699. The van der Waals surface area contributed by atoms with Gasteiger partial charge in [-0.25, -0.2) is 0 Å². The third-order valence-corrected chi connectivity index (χ3v) is 0.743. The molecule has 0 heterocycles. The lowest BCUT2D eigenvalue weighted by Crippen LogP contribution is -2.25. The Kier molecular flexibility index (Phi) is 3.71. The van der Waals surface area contributed by atoms with Crippen molar-refractivity contribution in [3.63, 3.8) is 0 Å². The number of carbonyl (C=O) groups is 1. The van der Waals surface area contributed by atoms with Crippen LogP contribution < -0.4 is 10.6 Å². The van der Waals surface area contributed by atoms with Crippen molar-refractivity contribution in [2.24, 2.45) is 0 Å². The normalized spacial score (nSPS) is 8.67. The molecule has 0 rings (SSSR count). The van der Waals surface area contributed by atoms with Crippen LogP contribution in [0.1, 0.15) is 6.92 Å². The van der Waals surface area contributed by atoms with E-state index < -0.39 is 0 Å². The number of likely N-dealkylation sites (N-methyl/N-ethyl adjacent to an activating group) is 1. The zero-order chi connectivity index (χ0) is 7.28. The van der Waals surface area contributed by atoms with Crippen molar-refractivity contribution >= 4 is 5.91 Å². The largest absolute Gasteiger partial charge is 0.329 e. The highest BCUT2D eigenvalue weighted by atomic mass is 16.1. The average Bonchev–Trinajstić information content (AvgIpc) is 1.63. The summed E-state index contributed by atoms with van der Waals surface area (Å²) in [6, 6.07) is 0. The molecule has 0 saturated carbocycles. The summed E-state index contributed by atoms with van der Waals surface area (Å²) in [5.74, 6) is -0.0738. The zero-order valence-corrected chi connectivity index (χ0v) is 5.82. The van der Waals surface area contributed by atoms with Crippen LogP contribution in [0.2, 0.25) is 0 Å². The van der Waals surface area contributed by atoms with Gasteiger partial charge in [-0.05, 0) is 7.05 Å². The Labute approximate surface area is 55.1 Å². The van der Waals surface area contributed by atoms with Crippen LogP contribution in [0.5, 0.6) is 0 Å². The second kappa shape index (κ2) is 4.09. The second-order valence-corrected chi connectivity index (χ2v) is 1.82. The van der Waals surface area contributed by atoms with E-state index in [1.165, 1.54) is 6.92 Å². The van der Waals surface area contributed by atoms with Gasteiger partial charge >= 0.3 is 0 Å². The fourth-order valence-electron chi connectivity index (χ4n) is 0.507. The zero-order valence-electron chi connectivity index (χ0n) is 5.82. The number of rotatable bonds is 3. The molecule has 0 aromatic heterocycles. The lowest BCUT2D eigenvalue weighted by Gasteiger charge is -2.02. The summed E-state index contributed by atoms with van der Waals surface area (Å²) < 4.78 is 0. The van der Waals surface area contributed by atoms with Crippen LogP contribution in [-0.4, -0.2) is 19.5 Å². The van der Waals surface area contributed by atoms with E-state index in [4.69, 9.17) is 0 Å². The number of amides is 1. The molecule has 0 aromatic carbocycles. The first kappa shape index (κ1) is 8.17. The maximum atomic E-state index is 10.3. The first-order valence-electron chi connectivity index (χ1n) is 2.76. The van der Waals surface area contributed by atoms with Gasteiger partial charge in [0.05, 0.1) is 0 Å². The summed E-state index contributed by atoms with van der Waals surface area (Å²) in [5, 5.41) is 5.41. The Morgan fingerprint density at radius 2 is 2.22 bits per heavy atom. The van der Waals surface area contributed by atoms with Gasteiger partial charge < -0.3 is 10.6 Å². The molecule has 52 valence electrons. The Morgan fingerprint density at radius 1 is 1.67 bits per heavy atom. The summed E-state index contributed by atoms with van der Waals surface area (Å²) in [4.78, 5) is 10.3. The molecule has 1 amide bonds. The van der Waals surface area contributed by atoms with Gasteiger partial charge in [0, 0.05) is 19.2 Å². The molecule has 9 heavy (non-hydrogen) atoms. The Bertz CT molecular complexity index is 120. The van der Waals surface area contributed by atoms with E-state index in [9.17, 15) is 4.79 Å². The van der Waals surface area contributed by atoms with Gasteiger partial charge in [-0.2, -0.15) is 0 Å². The molecule has 0 aromatic rings. The van der Waals surface area contributed by atoms with Crippen molar-refractivity contribution in [2.45, 2.75) is 6.92 Å². The predicted molar refractivity (Wildman–Crippen MR) is 36.9 cm³/mol. The minimum Gasteiger partial charge on any atom is -0.329 e. The fourth-order valence-corrected chi connectivity index (χ4v) is 0.507. The molecular formula is C6H12N2O.